The number of para-hydroxylation sites is 1. The highest BCUT2D eigenvalue weighted by Crippen LogP contribution is 2.39. The normalized spacial score (nSPS) is 11.5. The van der Waals surface area contributed by atoms with E-state index >= 15 is 0 Å². The first-order chi connectivity index (χ1) is 13.0. The smallest absolute Gasteiger partial charge is 0.338 e. The molecule has 0 fully saturated rings. The monoisotopic (exact) mass is 391 g/mol. The van der Waals surface area contributed by atoms with Gasteiger partial charge in [-0.25, -0.2) is 4.79 Å². The van der Waals surface area contributed by atoms with Gasteiger partial charge < -0.3 is 24.1 Å². The van der Waals surface area contributed by atoms with Crippen LogP contribution in [0.5, 0.6) is 11.5 Å². The average Bonchev–Trinajstić information content (AvgIpc) is 2.64. The van der Waals surface area contributed by atoms with Gasteiger partial charge in [0.1, 0.15) is 5.75 Å². The quantitative estimate of drug-likeness (QED) is 0.360. The van der Waals surface area contributed by atoms with Crippen molar-refractivity contribution in [2.24, 2.45) is 0 Å². The number of nitrogens with one attached hydrogen (secondary N) is 2. The van der Waals surface area contributed by atoms with E-state index in [0.29, 0.717) is 18.0 Å². The van der Waals surface area contributed by atoms with E-state index in [1.807, 2.05) is 18.2 Å². The Hall–Kier alpha value is -2.58. The lowest BCUT2D eigenvalue weighted by Gasteiger charge is -2.20. The third-order valence-electron chi connectivity index (χ3n) is 3.60. The lowest BCUT2D eigenvalue weighted by Crippen LogP contribution is -2.11. The molecule has 0 heterocycles. The summed E-state index contributed by atoms with van der Waals surface area (Å²) in [4.78, 5) is 12.2. The van der Waals surface area contributed by atoms with E-state index in [0.717, 1.165) is 12.8 Å². The third kappa shape index (κ3) is 6.26. The maximum absolute atomic E-state index is 12.2. The number of benzene rings is 2. The zero-order valence-electron chi connectivity index (χ0n) is 15.3. The van der Waals surface area contributed by atoms with Crippen molar-refractivity contribution in [3.8, 4) is 11.5 Å². The topological polar surface area (TPSA) is 99.7 Å². The third-order valence-corrected chi connectivity index (χ3v) is 3.99. The predicted octanol–water partition coefficient (Wildman–Crippen LogP) is 4.07. The molecule has 0 saturated carbocycles. The van der Waals surface area contributed by atoms with Crippen LogP contribution in [0.4, 0.5) is 11.4 Å². The standard InChI is InChI=1S/C19H24N2O5S/c1-3-5-11-20-16-12-14(19(22)25-4-2)13-17(21-27(23)24)18(16)26-15-9-7-6-8-10-15/h6-10,12-13,20-21H,3-5,11H2,1-2H3,(H,23,24)/p-1. The fourth-order valence-electron chi connectivity index (χ4n) is 2.37. The number of ether oxygens (including phenoxy) is 2. The van der Waals surface area contributed by atoms with Crippen LogP contribution in [0.3, 0.4) is 0 Å². The molecule has 2 N–H and O–H groups in total. The van der Waals surface area contributed by atoms with Gasteiger partial charge in [-0.3, -0.25) is 4.21 Å². The SMILES string of the molecule is CCCCNc1cc(C(=O)OCC)cc(NS(=O)[O-])c1Oc1ccccc1. The summed E-state index contributed by atoms with van der Waals surface area (Å²) in [7, 11) is 0. The van der Waals surface area contributed by atoms with Gasteiger partial charge in [-0.05, 0) is 37.6 Å². The fourth-order valence-corrected chi connectivity index (χ4v) is 2.71. The van der Waals surface area contributed by atoms with Crippen molar-refractivity contribution >= 4 is 28.6 Å². The molecular weight excluding hydrogens is 368 g/mol. The van der Waals surface area contributed by atoms with Crippen molar-refractivity contribution < 1.29 is 23.0 Å². The molecule has 0 aliphatic carbocycles. The molecule has 0 aromatic heterocycles. The van der Waals surface area contributed by atoms with Crippen LogP contribution in [0, 0.1) is 0 Å². The van der Waals surface area contributed by atoms with Gasteiger partial charge in [0, 0.05) is 17.8 Å². The molecule has 0 spiro atoms. The molecule has 2 rings (SSSR count). The summed E-state index contributed by atoms with van der Waals surface area (Å²) >= 11 is -2.59. The number of esters is 1. The molecule has 0 radical (unpaired) electrons. The van der Waals surface area contributed by atoms with Gasteiger partial charge in [-0.1, -0.05) is 31.5 Å². The molecule has 0 amide bonds. The fraction of sp³-hybridized carbons (Fsp3) is 0.316. The van der Waals surface area contributed by atoms with E-state index in [9.17, 15) is 13.6 Å². The first-order valence-corrected chi connectivity index (χ1v) is 9.80. The van der Waals surface area contributed by atoms with E-state index in [2.05, 4.69) is 17.0 Å². The van der Waals surface area contributed by atoms with Gasteiger partial charge in [-0.2, -0.15) is 0 Å². The summed E-state index contributed by atoms with van der Waals surface area (Å²) in [6, 6.07) is 12.0. The number of hydrogen-bond donors (Lipinski definition) is 2. The van der Waals surface area contributed by atoms with Gasteiger partial charge in [0.25, 0.3) is 0 Å². The highest BCUT2D eigenvalue weighted by molar-refractivity contribution is 7.80. The molecule has 7 nitrogen and oxygen atoms in total. The molecule has 0 aliphatic rings. The summed E-state index contributed by atoms with van der Waals surface area (Å²) in [6.45, 7) is 4.63. The second-order valence-corrected chi connectivity index (χ2v) is 6.33. The van der Waals surface area contributed by atoms with Crippen LogP contribution in [-0.2, 0) is 16.0 Å². The zero-order chi connectivity index (χ0) is 19.6. The molecule has 2 aromatic carbocycles. The van der Waals surface area contributed by atoms with E-state index in [-0.39, 0.29) is 23.6 Å². The molecule has 0 saturated heterocycles. The Morgan fingerprint density at radius 3 is 2.48 bits per heavy atom. The summed E-state index contributed by atoms with van der Waals surface area (Å²) in [5, 5.41) is 3.21. The number of unbranched alkanes of at least 4 members (excludes halogenated alkanes) is 1. The van der Waals surface area contributed by atoms with Crippen LogP contribution in [0.1, 0.15) is 37.0 Å². The Bertz CT molecular complexity index is 783. The number of anilines is 2. The first kappa shape index (κ1) is 20.7. The second-order valence-electron chi connectivity index (χ2n) is 5.65. The minimum Gasteiger partial charge on any atom is -0.755 e. The van der Waals surface area contributed by atoms with Crippen molar-refractivity contribution in [1.82, 2.24) is 0 Å². The number of hydrogen-bond acceptors (Lipinski definition) is 6. The van der Waals surface area contributed by atoms with Crippen molar-refractivity contribution in [3.63, 3.8) is 0 Å². The van der Waals surface area contributed by atoms with Gasteiger partial charge in [0.05, 0.1) is 23.5 Å². The van der Waals surface area contributed by atoms with Crippen LogP contribution in [0.2, 0.25) is 0 Å². The molecule has 8 heteroatoms. The van der Waals surface area contributed by atoms with Gasteiger partial charge in [-0.15, -0.1) is 0 Å². The summed E-state index contributed by atoms with van der Waals surface area (Å²) in [6.07, 6.45) is 1.89. The Morgan fingerprint density at radius 1 is 1.15 bits per heavy atom. The van der Waals surface area contributed by atoms with E-state index in [1.54, 1.807) is 25.1 Å². The second kappa shape index (κ2) is 10.5. The maximum Gasteiger partial charge on any atom is 0.338 e. The molecule has 0 bridgehead atoms. The molecule has 146 valence electrons. The predicted molar refractivity (Wildman–Crippen MR) is 105 cm³/mol. The molecular formula is C19H23N2O5S-. The Kier molecular flexibility index (Phi) is 8.09. The summed E-state index contributed by atoms with van der Waals surface area (Å²) in [5.41, 5.74) is 0.881. The van der Waals surface area contributed by atoms with E-state index < -0.39 is 17.2 Å². The van der Waals surface area contributed by atoms with Crippen molar-refractivity contribution in [2.75, 3.05) is 23.2 Å². The van der Waals surface area contributed by atoms with Crippen LogP contribution < -0.4 is 14.8 Å². The minimum atomic E-state index is -2.59. The Labute approximate surface area is 161 Å². The largest absolute Gasteiger partial charge is 0.755 e. The van der Waals surface area contributed by atoms with Crippen LogP contribution in [-0.4, -0.2) is 27.9 Å². The van der Waals surface area contributed by atoms with E-state index in [4.69, 9.17) is 9.47 Å². The van der Waals surface area contributed by atoms with Crippen LogP contribution >= 0.6 is 0 Å². The average molecular weight is 391 g/mol. The van der Waals surface area contributed by atoms with Crippen LogP contribution in [0.15, 0.2) is 42.5 Å². The van der Waals surface area contributed by atoms with Crippen LogP contribution in [0.25, 0.3) is 0 Å². The summed E-state index contributed by atoms with van der Waals surface area (Å²) < 4.78 is 35.8. The lowest BCUT2D eigenvalue weighted by molar-refractivity contribution is 0.0526. The van der Waals surface area contributed by atoms with Crippen molar-refractivity contribution in [2.45, 2.75) is 26.7 Å². The maximum atomic E-state index is 12.2. The van der Waals surface area contributed by atoms with Crippen molar-refractivity contribution in [3.05, 3.63) is 48.0 Å². The van der Waals surface area contributed by atoms with E-state index in [1.165, 1.54) is 6.07 Å². The highest BCUT2D eigenvalue weighted by atomic mass is 32.2. The number of rotatable bonds is 10. The lowest BCUT2D eigenvalue weighted by atomic mass is 10.1. The number of carbonyl (C=O) groups is 1. The molecule has 0 aliphatic heterocycles. The minimum absolute atomic E-state index is 0.150. The molecule has 1 unspecified atom stereocenters. The van der Waals surface area contributed by atoms with Gasteiger partial charge in [0.15, 0.2) is 5.75 Å². The first-order valence-electron chi connectivity index (χ1n) is 8.73. The molecule has 2 aromatic rings. The Balaban J connectivity index is 2.49. The summed E-state index contributed by atoms with van der Waals surface area (Å²) in [5.74, 6) is 0.288. The van der Waals surface area contributed by atoms with Crippen molar-refractivity contribution in [1.29, 1.82) is 0 Å². The van der Waals surface area contributed by atoms with Gasteiger partial charge >= 0.3 is 5.97 Å². The number of carbonyl (C=O) groups excluding carboxylic acids is 1. The highest BCUT2D eigenvalue weighted by Gasteiger charge is 2.18. The molecule has 1 atom stereocenters. The Morgan fingerprint density at radius 2 is 1.85 bits per heavy atom. The molecule has 27 heavy (non-hydrogen) atoms. The van der Waals surface area contributed by atoms with Gasteiger partial charge in [0.2, 0.25) is 0 Å². The zero-order valence-corrected chi connectivity index (χ0v) is 16.1.